The highest BCUT2D eigenvalue weighted by molar-refractivity contribution is 7.89. The second-order valence-corrected chi connectivity index (χ2v) is 11.0. The summed E-state index contributed by atoms with van der Waals surface area (Å²) in [6, 6.07) is 8.35. The molecular formula is C23H28ClN3O5S. The van der Waals surface area contributed by atoms with E-state index >= 15 is 0 Å². The Hall–Kier alpha value is -2.20. The normalized spacial score (nSPS) is 25.0. The Kier molecular flexibility index (Phi) is 6.68. The fraction of sp³-hybridized carbons (Fsp3) is 0.478. The molecule has 10 heteroatoms. The third kappa shape index (κ3) is 5.01. The Morgan fingerprint density at radius 3 is 2.45 bits per heavy atom. The summed E-state index contributed by atoms with van der Waals surface area (Å²) in [6.45, 7) is 6.76. The fourth-order valence-corrected chi connectivity index (χ4v) is 6.01. The molecule has 0 aliphatic carbocycles. The van der Waals surface area contributed by atoms with Crippen molar-refractivity contribution in [3.63, 3.8) is 0 Å². The van der Waals surface area contributed by atoms with Crippen molar-refractivity contribution in [2.45, 2.75) is 56.4 Å². The molecule has 0 aromatic heterocycles. The van der Waals surface area contributed by atoms with Crippen LogP contribution in [0.25, 0.3) is 10.8 Å². The summed E-state index contributed by atoms with van der Waals surface area (Å²) in [4.78, 5) is 29.3. The van der Waals surface area contributed by atoms with E-state index in [1.807, 2.05) is 13.8 Å². The van der Waals surface area contributed by atoms with Crippen molar-refractivity contribution < 1.29 is 22.7 Å². The standard InChI is InChI=1S/C23H28ClN3O5S/c1-14-12-26(13-15(2)32-14)22(28)16(3)27-9-8-21(23(27)29)25-33(30,31)20-7-5-17-10-19(24)6-4-18(17)11-20/h4-7,10-11,14-16,21,25H,8-9,12-13H2,1-3H3/t14?,15?,16-,21?/m0/s1. The molecule has 0 bridgehead atoms. The van der Waals surface area contributed by atoms with Gasteiger partial charge in [-0.15, -0.1) is 0 Å². The number of fused-ring (bicyclic) bond motifs is 1. The first-order valence-electron chi connectivity index (χ1n) is 11.0. The molecule has 4 rings (SSSR count). The van der Waals surface area contributed by atoms with Gasteiger partial charge in [0, 0.05) is 24.7 Å². The van der Waals surface area contributed by atoms with Gasteiger partial charge in [0.15, 0.2) is 0 Å². The number of morpholine rings is 1. The number of sulfonamides is 1. The topological polar surface area (TPSA) is 96.0 Å². The minimum atomic E-state index is -3.92. The van der Waals surface area contributed by atoms with Crippen LogP contribution >= 0.6 is 11.6 Å². The highest BCUT2D eigenvalue weighted by atomic mass is 35.5. The monoisotopic (exact) mass is 493 g/mol. The van der Waals surface area contributed by atoms with Gasteiger partial charge in [-0.25, -0.2) is 8.42 Å². The number of carbonyl (C=O) groups is 2. The molecule has 2 heterocycles. The molecule has 2 amide bonds. The van der Waals surface area contributed by atoms with Crippen molar-refractivity contribution in [1.29, 1.82) is 0 Å². The molecule has 0 saturated carbocycles. The fourth-order valence-electron chi connectivity index (χ4n) is 4.57. The van der Waals surface area contributed by atoms with Crippen LogP contribution in [0.1, 0.15) is 27.2 Å². The van der Waals surface area contributed by atoms with E-state index in [9.17, 15) is 18.0 Å². The first-order valence-corrected chi connectivity index (χ1v) is 12.9. The van der Waals surface area contributed by atoms with Crippen LogP contribution in [0.2, 0.25) is 5.02 Å². The first-order chi connectivity index (χ1) is 15.5. The van der Waals surface area contributed by atoms with E-state index in [0.717, 1.165) is 10.8 Å². The van der Waals surface area contributed by atoms with Crippen LogP contribution in [0, 0.1) is 0 Å². The maximum Gasteiger partial charge on any atom is 0.245 e. The predicted octanol–water partition coefficient (Wildman–Crippen LogP) is 2.40. The average molecular weight is 494 g/mol. The summed E-state index contributed by atoms with van der Waals surface area (Å²) in [6.07, 6.45) is 0.155. The van der Waals surface area contributed by atoms with Crippen LogP contribution in [-0.2, 0) is 24.3 Å². The number of ether oxygens (including phenoxy) is 1. The Labute approximate surface area is 198 Å². The maximum absolute atomic E-state index is 13.0. The third-order valence-electron chi connectivity index (χ3n) is 6.18. The molecule has 33 heavy (non-hydrogen) atoms. The molecule has 2 aromatic rings. The minimum Gasteiger partial charge on any atom is -0.372 e. The molecule has 178 valence electrons. The molecule has 0 radical (unpaired) electrons. The molecule has 2 aliphatic rings. The van der Waals surface area contributed by atoms with Crippen molar-refractivity contribution in [2.24, 2.45) is 0 Å². The SMILES string of the molecule is CC1CN(C(=O)[C@H](C)N2CCC(NS(=O)(=O)c3ccc4cc(Cl)ccc4c3)C2=O)CC(C)O1. The average Bonchev–Trinajstić information content (AvgIpc) is 3.11. The molecule has 0 spiro atoms. The second kappa shape index (κ2) is 9.21. The number of rotatable bonds is 5. The van der Waals surface area contributed by atoms with E-state index in [1.54, 1.807) is 42.2 Å². The largest absolute Gasteiger partial charge is 0.372 e. The smallest absolute Gasteiger partial charge is 0.245 e. The van der Waals surface area contributed by atoms with E-state index in [1.165, 1.54) is 11.0 Å². The Morgan fingerprint density at radius 2 is 1.76 bits per heavy atom. The highest BCUT2D eigenvalue weighted by Crippen LogP contribution is 2.24. The molecule has 3 unspecified atom stereocenters. The van der Waals surface area contributed by atoms with Crippen LogP contribution in [0.4, 0.5) is 0 Å². The van der Waals surface area contributed by atoms with Crippen molar-refractivity contribution in [3.05, 3.63) is 41.4 Å². The molecule has 2 saturated heterocycles. The van der Waals surface area contributed by atoms with Crippen molar-refractivity contribution >= 4 is 44.2 Å². The van der Waals surface area contributed by atoms with Crippen LogP contribution in [-0.4, -0.2) is 74.0 Å². The molecule has 8 nitrogen and oxygen atoms in total. The van der Waals surface area contributed by atoms with E-state index < -0.39 is 22.1 Å². The molecular weight excluding hydrogens is 466 g/mol. The maximum atomic E-state index is 13.0. The zero-order valence-electron chi connectivity index (χ0n) is 18.8. The van der Waals surface area contributed by atoms with Gasteiger partial charge in [0.2, 0.25) is 21.8 Å². The Bertz CT molecular complexity index is 1180. The summed E-state index contributed by atoms with van der Waals surface area (Å²) < 4.78 is 34.2. The Balaban J connectivity index is 1.45. The summed E-state index contributed by atoms with van der Waals surface area (Å²) >= 11 is 6.00. The number of likely N-dealkylation sites (tertiary alicyclic amines) is 1. The number of halogens is 1. The van der Waals surface area contributed by atoms with Gasteiger partial charge in [-0.3, -0.25) is 9.59 Å². The van der Waals surface area contributed by atoms with Crippen LogP contribution in [0.15, 0.2) is 41.3 Å². The lowest BCUT2D eigenvalue weighted by atomic mass is 10.1. The van der Waals surface area contributed by atoms with Gasteiger partial charge in [0.1, 0.15) is 12.1 Å². The van der Waals surface area contributed by atoms with Gasteiger partial charge < -0.3 is 14.5 Å². The number of hydrogen-bond acceptors (Lipinski definition) is 5. The molecule has 2 aromatic carbocycles. The third-order valence-corrected chi connectivity index (χ3v) is 7.88. The van der Waals surface area contributed by atoms with E-state index in [4.69, 9.17) is 16.3 Å². The number of carbonyl (C=O) groups excluding carboxylic acids is 2. The van der Waals surface area contributed by atoms with Crippen molar-refractivity contribution in [1.82, 2.24) is 14.5 Å². The number of benzene rings is 2. The number of nitrogens with zero attached hydrogens (tertiary/aromatic N) is 2. The number of nitrogens with one attached hydrogen (secondary N) is 1. The molecule has 2 fully saturated rings. The summed E-state index contributed by atoms with van der Waals surface area (Å²) in [7, 11) is -3.92. The lowest BCUT2D eigenvalue weighted by Gasteiger charge is -2.38. The van der Waals surface area contributed by atoms with Gasteiger partial charge in [0.25, 0.3) is 0 Å². The zero-order chi connectivity index (χ0) is 23.9. The number of hydrogen-bond donors (Lipinski definition) is 1. The predicted molar refractivity (Wildman–Crippen MR) is 125 cm³/mol. The van der Waals surface area contributed by atoms with Gasteiger partial charge in [0.05, 0.1) is 17.1 Å². The second-order valence-electron chi connectivity index (χ2n) is 8.82. The van der Waals surface area contributed by atoms with Gasteiger partial charge >= 0.3 is 0 Å². The summed E-state index contributed by atoms with van der Waals surface area (Å²) in [5.74, 6) is -0.539. The van der Waals surface area contributed by atoms with E-state index in [0.29, 0.717) is 31.1 Å². The minimum absolute atomic E-state index is 0.0725. The lowest BCUT2D eigenvalue weighted by molar-refractivity contribution is -0.151. The Morgan fingerprint density at radius 1 is 1.12 bits per heavy atom. The summed E-state index contributed by atoms with van der Waals surface area (Å²) in [5.41, 5.74) is 0. The van der Waals surface area contributed by atoms with Crippen molar-refractivity contribution in [3.8, 4) is 0 Å². The van der Waals surface area contributed by atoms with Crippen LogP contribution < -0.4 is 4.72 Å². The van der Waals surface area contributed by atoms with Crippen molar-refractivity contribution in [2.75, 3.05) is 19.6 Å². The van der Waals surface area contributed by atoms with Gasteiger partial charge in [-0.05, 0) is 62.2 Å². The summed E-state index contributed by atoms with van der Waals surface area (Å²) in [5, 5.41) is 2.12. The highest BCUT2D eigenvalue weighted by Gasteiger charge is 2.41. The number of amides is 2. The van der Waals surface area contributed by atoms with Crippen LogP contribution in [0.5, 0.6) is 0 Å². The zero-order valence-corrected chi connectivity index (χ0v) is 20.4. The van der Waals surface area contributed by atoms with E-state index in [2.05, 4.69) is 4.72 Å². The first kappa shape index (κ1) is 23.9. The lowest BCUT2D eigenvalue weighted by Crippen LogP contribution is -2.55. The van der Waals surface area contributed by atoms with Gasteiger partial charge in [-0.2, -0.15) is 4.72 Å². The van der Waals surface area contributed by atoms with E-state index in [-0.39, 0.29) is 28.9 Å². The molecule has 1 N–H and O–H groups in total. The molecule has 4 atom stereocenters. The van der Waals surface area contributed by atoms with Gasteiger partial charge in [-0.1, -0.05) is 23.7 Å². The van der Waals surface area contributed by atoms with Crippen LogP contribution in [0.3, 0.4) is 0 Å². The molecule has 2 aliphatic heterocycles. The quantitative estimate of drug-likeness (QED) is 0.690.